The quantitative estimate of drug-likeness (QED) is 0.168. The maximum Gasteiger partial charge on any atom is 0.343 e. The molecule has 0 saturated heterocycles. The van der Waals surface area contributed by atoms with Crippen LogP contribution in [0.15, 0.2) is 10.6 Å². The van der Waals surface area contributed by atoms with E-state index in [0.717, 1.165) is 13.1 Å². The number of hydrogen-bond acceptors (Lipinski definition) is 6. The van der Waals surface area contributed by atoms with Gasteiger partial charge >= 0.3 is 11.7 Å². The zero-order valence-corrected chi connectivity index (χ0v) is 12.9. The van der Waals surface area contributed by atoms with Gasteiger partial charge in [-0.3, -0.25) is 15.1 Å². The third-order valence-corrected chi connectivity index (χ3v) is 2.94. The van der Waals surface area contributed by atoms with Crippen LogP contribution in [0, 0.1) is 34.5 Å². The van der Waals surface area contributed by atoms with Gasteiger partial charge < -0.3 is 9.84 Å². The van der Waals surface area contributed by atoms with Crippen LogP contribution in [0.5, 0.6) is 0 Å². The first-order valence-electron chi connectivity index (χ1n) is 6.53. The van der Waals surface area contributed by atoms with Gasteiger partial charge in [0.1, 0.15) is 22.7 Å². The minimum Gasteiger partial charge on any atom is -0.506 e. The SMILES string of the molecule is CCOC(=O)/C(C=NC)=C(/O)c1c(F)c(C)c(F)c(F)c1[N+](=O)[O-]. The summed E-state index contributed by atoms with van der Waals surface area (Å²) in [5.74, 6) is -7.76. The first-order chi connectivity index (χ1) is 11.2. The average Bonchev–Trinajstić information content (AvgIpc) is 2.52. The van der Waals surface area contributed by atoms with E-state index in [-0.39, 0.29) is 6.61 Å². The number of halogens is 3. The molecule has 0 aliphatic rings. The number of nitro benzene ring substituents is 1. The highest BCUT2D eigenvalue weighted by molar-refractivity contribution is 6.15. The molecule has 0 spiro atoms. The van der Waals surface area contributed by atoms with Crippen molar-refractivity contribution < 1.29 is 32.7 Å². The predicted octanol–water partition coefficient (Wildman–Crippen LogP) is 2.85. The summed E-state index contributed by atoms with van der Waals surface area (Å²) in [5.41, 5.74) is -4.54. The van der Waals surface area contributed by atoms with Crippen molar-refractivity contribution in [3.63, 3.8) is 0 Å². The number of hydrogen-bond donors (Lipinski definition) is 1. The van der Waals surface area contributed by atoms with Crippen molar-refractivity contribution in [2.24, 2.45) is 4.99 Å². The van der Waals surface area contributed by atoms with Crippen LogP contribution in [-0.2, 0) is 9.53 Å². The van der Waals surface area contributed by atoms with Crippen molar-refractivity contribution in [3.05, 3.63) is 44.3 Å². The summed E-state index contributed by atoms with van der Waals surface area (Å²) in [7, 11) is 1.20. The number of aliphatic hydroxyl groups is 1. The Balaban J connectivity index is 3.91. The molecule has 1 rings (SSSR count). The van der Waals surface area contributed by atoms with Gasteiger partial charge in [-0.25, -0.2) is 13.6 Å². The van der Waals surface area contributed by atoms with Gasteiger partial charge in [-0.2, -0.15) is 4.39 Å². The van der Waals surface area contributed by atoms with Crippen LogP contribution < -0.4 is 0 Å². The molecule has 0 aliphatic carbocycles. The Kier molecular flexibility index (Phi) is 6.04. The molecule has 7 nitrogen and oxygen atoms in total. The lowest BCUT2D eigenvalue weighted by Gasteiger charge is -2.11. The molecule has 0 saturated carbocycles. The number of nitrogens with zero attached hydrogens (tertiary/aromatic N) is 2. The van der Waals surface area contributed by atoms with E-state index in [9.17, 15) is 33.2 Å². The smallest absolute Gasteiger partial charge is 0.343 e. The van der Waals surface area contributed by atoms with Crippen molar-refractivity contribution in [2.75, 3.05) is 13.7 Å². The fourth-order valence-electron chi connectivity index (χ4n) is 1.84. The zero-order chi connectivity index (χ0) is 18.6. The summed E-state index contributed by atoms with van der Waals surface area (Å²) in [6.07, 6.45) is 0.757. The monoisotopic (exact) mass is 346 g/mol. The summed E-state index contributed by atoms with van der Waals surface area (Å²) in [4.78, 5) is 24.8. The molecule has 24 heavy (non-hydrogen) atoms. The van der Waals surface area contributed by atoms with Crippen LogP contribution >= 0.6 is 0 Å². The van der Waals surface area contributed by atoms with Gasteiger partial charge in [0.25, 0.3) is 0 Å². The summed E-state index contributed by atoms with van der Waals surface area (Å²) < 4.78 is 46.3. The first-order valence-corrected chi connectivity index (χ1v) is 6.53. The van der Waals surface area contributed by atoms with Crippen molar-refractivity contribution >= 4 is 23.6 Å². The molecule has 1 aromatic carbocycles. The van der Waals surface area contributed by atoms with E-state index in [2.05, 4.69) is 9.73 Å². The van der Waals surface area contributed by atoms with Gasteiger partial charge in [-0.1, -0.05) is 0 Å². The molecule has 1 N–H and O–H groups in total. The molecule has 0 bridgehead atoms. The molecule has 0 unspecified atom stereocenters. The number of carbonyl (C=O) groups excluding carboxylic acids is 1. The lowest BCUT2D eigenvalue weighted by molar-refractivity contribution is -0.388. The molecular formula is C14H13F3N2O5. The van der Waals surface area contributed by atoms with Crippen LogP contribution in [0.2, 0.25) is 0 Å². The lowest BCUT2D eigenvalue weighted by Crippen LogP contribution is -2.14. The third kappa shape index (κ3) is 3.36. The topological polar surface area (TPSA) is 102 Å². The normalized spacial score (nSPS) is 12.2. The van der Waals surface area contributed by atoms with E-state index >= 15 is 0 Å². The minimum atomic E-state index is -1.96. The molecule has 0 aromatic heterocycles. The highest BCUT2D eigenvalue weighted by Crippen LogP contribution is 2.35. The standard InChI is InChI=1S/C14H13F3N2O5/c1-4-24-14(21)7(5-18-3)13(20)8-9(15)6(2)10(16)11(17)12(8)19(22)23/h5,20H,4H2,1-3H3/b13-7+,18-5?. The van der Waals surface area contributed by atoms with E-state index in [1.165, 1.54) is 14.0 Å². The maximum atomic E-state index is 14.3. The highest BCUT2D eigenvalue weighted by Gasteiger charge is 2.35. The number of nitro groups is 1. The second-order valence-corrected chi connectivity index (χ2v) is 4.42. The van der Waals surface area contributed by atoms with Crippen molar-refractivity contribution in [3.8, 4) is 0 Å². The molecule has 0 atom stereocenters. The van der Waals surface area contributed by atoms with E-state index in [1.54, 1.807) is 0 Å². The molecule has 1 aromatic rings. The molecule has 0 amide bonds. The second kappa shape index (κ2) is 7.57. The Morgan fingerprint density at radius 1 is 1.33 bits per heavy atom. The largest absolute Gasteiger partial charge is 0.506 e. The van der Waals surface area contributed by atoms with Gasteiger partial charge in [0.15, 0.2) is 5.82 Å². The number of aliphatic imine (C=N–C) groups is 1. The van der Waals surface area contributed by atoms with Gasteiger partial charge in [0.2, 0.25) is 5.82 Å². The molecular weight excluding hydrogens is 333 g/mol. The Bertz CT molecular complexity index is 760. The van der Waals surface area contributed by atoms with E-state index < -0.39 is 56.5 Å². The molecule has 0 radical (unpaired) electrons. The summed E-state index contributed by atoms with van der Waals surface area (Å²) in [6.45, 7) is 2.15. The molecule has 0 fully saturated rings. The van der Waals surface area contributed by atoms with E-state index in [4.69, 9.17) is 0 Å². The predicted molar refractivity (Wildman–Crippen MR) is 78.3 cm³/mol. The first kappa shape index (κ1) is 19.1. The van der Waals surface area contributed by atoms with Gasteiger partial charge in [-0.15, -0.1) is 0 Å². The Hall–Kier alpha value is -2.91. The summed E-state index contributed by atoms with van der Waals surface area (Å²) in [5, 5.41) is 21.1. The second-order valence-electron chi connectivity index (χ2n) is 4.42. The third-order valence-electron chi connectivity index (χ3n) is 2.94. The number of aliphatic hydroxyl groups excluding tert-OH is 1. The summed E-state index contributed by atoms with van der Waals surface area (Å²) >= 11 is 0. The van der Waals surface area contributed by atoms with Crippen molar-refractivity contribution in [1.29, 1.82) is 0 Å². The van der Waals surface area contributed by atoms with Crippen molar-refractivity contribution in [1.82, 2.24) is 0 Å². The molecule has 0 aliphatic heterocycles. The van der Waals surface area contributed by atoms with Crippen LogP contribution in [0.1, 0.15) is 18.1 Å². The molecule has 0 heterocycles. The van der Waals surface area contributed by atoms with E-state index in [0.29, 0.717) is 0 Å². The maximum absolute atomic E-state index is 14.3. The fourth-order valence-corrected chi connectivity index (χ4v) is 1.84. The molecule has 130 valence electrons. The van der Waals surface area contributed by atoms with Crippen molar-refractivity contribution in [2.45, 2.75) is 13.8 Å². The number of esters is 1. The van der Waals surface area contributed by atoms with Crippen LogP contribution in [0.4, 0.5) is 18.9 Å². The van der Waals surface area contributed by atoms with Gasteiger partial charge in [0, 0.05) is 18.8 Å². The number of rotatable bonds is 5. The highest BCUT2D eigenvalue weighted by atomic mass is 19.2. The van der Waals surface area contributed by atoms with Crippen LogP contribution in [0.25, 0.3) is 5.76 Å². The average molecular weight is 346 g/mol. The zero-order valence-electron chi connectivity index (χ0n) is 12.9. The van der Waals surface area contributed by atoms with E-state index in [1.807, 2.05) is 0 Å². The summed E-state index contributed by atoms with van der Waals surface area (Å²) in [6, 6.07) is 0. The Morgan fingerprint density at radius 3 is 2.38 bits per heavy atom. The van der Waals surface area contributed by atoms with Gasteiger partial charge in [-0.05, 0) is 13.8 Å². The number of benzene rings is 1. The van der Waals surface area contributed by atoms with Gasteiger partial charge in [0.05, 0.1) is 11.5 Å². The number of carbonyl (C=O) groups is 1. The number of ether oxygens (including phenoxy) is 1. The lowest BCUT2D eigenvalue weighted by atomic mass is 10.0. The molecule has 10 heteroatoms. The van der Waals surface area contributed by atoms with Crippen LogP contribution in [0.3, 0.4) is 0 Å². The Labute approximate surface area is 134 Å². The fraction of sp³-hybridized carbons (Fsp3) is 0.286. The Morgan fingerprint density at radius 2 is 1.92 bits per heavy atom. The van der Waals surface area contributed by atoms with Crippen LogP contribution in [-0.4, -0.2) is 35.9 Å². The minimum absolute atomic E-state index is 0.117.